The van der Waals surface area contributed by atoms with Gasteiger partial charge in [0, 0.05) is 42.1 Å². The van der Waals surface area contributed by atoms with Crippen LogP contribution in [0.1, 0.15) is 35.8 Å². The number of aromatic nitrogens is 2. The van der Waals surface area contributed by atoms with E-state index in [2.05, 4.69) is 27.1 Å². The van der Waals surface area contributed by atoms with Crippen LogP contribution in [0.15, 0.2) is 36.7 Å². The van der Waals surface area contributed by atoms with Gasteiger partial charge in [0.15, 0.2) is 0 Å². The number of hydrogen-bond acceptors (Lipinski definition) is 5. The fourth-order valence-corrected chi connectivity index (χ4v) is 2.95. The van der Waals surface area contributed by atoms with Crippen LogP contribution < -0.4 is 16.0 Å². The van der Waals surface area contributed by atoms with Crippen molar-refractivity contribution in [3.8, 4) is 0 Å². The van der Waals surface area contributed by atoms with Crippen LogP contribution in [0.2, 0.25) is 0 Å². The van der Waals surface area contributed by atoms with Crippen LogP contribution >= 0.6 is 0 Å². The highest BCUT2D eigenvalue weighted by molar-refractivity contribution is 5.95. The molecular formula is C18H23N5O. The molecule has 0 aliphatic carbocycles. The van der Waals surface area contributed by atoms with Crippen molar-refractivity contribution in [2.75, 3.05) is 23.7 Å². The maximum Gasteiger partial charge on any atom is 0.251 e. The summed E-state index contributed by atoms with van der Waals surface area (Å²) in [5, 5.41) is 3.10. The third-order valence-corrected chi connectivity index (χ3v) is 4.37. The van der Waals surface area contributed by atoms with Crippen molar-refractivity contribution in [2.45, 2.75) is 32.2 Å². The lowest BCUT2D eigenvalue weighted by atomic mass is 10.0. The number of piperidine rings is 1. The average molecular weight is 325 g/mol. The van der Waals surface area contributed by atoms with Crippen LogP contribution in [-0.2, 0) is 6.42 Å². The van der Waals surface area contributed by atoms with E-state index in [0.29, 0.717) is 11.3 Å². The summed E-state index contributed by atoms with van der Waals surface area (Å²) in [4.78, 5) is 23.2. The molecule has 3 rings (SSSR count). The smallest absolute Gasteiger partial charge is 0.251 e. The van der Waals surface area contributed by atoms with Crippen molar-refractivity contribution in [3.05, 3.63) is 47.9 Å². The first-order valence-electron chi connectivity index (χ1n) is 8.38. The van der Waals surface area contributed by atoms with Crippen molar-refractivity contribution < 1.29 is 4.79 Å². The predicted octanol–water partition coefficient (Wildman–Crippen LogP) is 2.02. The minimum atomic E-state index is -0.0592. The SMILES string of the molecule is CCc1cc(N2CCC(NC(=O)c3cccc(N)c3)CC2)ncn1. The van der Waals surface area contributed by atoms with Gasteiger partial charge >= 0.3 is 0 Å². The molecule has 1 aromatic heterocycles. The Hall–Kier alpha value is -2.63. The standard InChI is InChI=1S/C18H23N5O/c1-2-15-11-17(21-12-20-15)23-8-6-16(7-9-23)22-18(24)13-4-3-5-14(19)10-13/h3-5,10-12,16H,2,6-9,19H2,1H3,(H,22,24). The number of nitrogen functional groups attached to an aromatic ring is 1. The van der Waals surface area contributed by atoms with Crippen molar-refractivity contribution in [1.29, 1.82) is 0 Å². The number of rotatable bonds is 4. The molecule has 126 valence electrons. The summed E-state index contributed by atoms with van der Waals surface area (Å²) >= 11 is 0. The predicted molar refractivity (Wildman–Crippen MR) is 95.0 cm³/mol. The van der Waals surface area contributed by atoms with Gasteiger partial charge in [0.1, 0.15) is 12.1 Å². The molecule has 3 N–H and O–H groups in total. The number of anilines is 2. The lowest BCUT2D eigenvalue weighted by molar-refractivity contribution is 0.0931. The molecule has 24 heavy (non-hydrogen) atoms. The van der Waals surface area contributed by atoms with Gasteiger partial charge in [-0.05, 0) is 37.5 Å². The number of amides is 1. The summed E-state index contributed by atoms with van der Waals surface area (Å²) in [6.07, 6.45) is 4.34. The zero-order valence-electron chi connectivity index (χ0n) is 13.9. The molecule has 1 saturated heterocycles. The van der Waals surface area contributed by atoms with Gasteiger partial charge < -0.3 is 16.0 Å². The van der Waals surface area contributed by atoms with Crippen LogP contribution in [-0.4, -0.2) is 35.0 Å². The van der Waals surface area contributed by atoms with E-state index in [9.17, 15) is 4.79 Å². The maximum absolute atomic E-state index is 12.3. The number of nitrogens with one attached hydrogen (secondary N) is 1. The topological polar surface area (TPSA) is 84.1 Å². The largest absolute Gasteiger partial charge is 0.399 e. The molecule has 2 heterocycles. The van der Waals surface area contributed by atoms with Crippen molar-refractivity contribution in [2.24, 2.45) is 0 Å². The minimum absolute atomic E-state index is 0.0592. The molecule has 0 bridgehead atoms. The van der Waals surface area contributed by atoms with Gasteiger partial charge in [-0.3, -0.25) is 4.79 Å². The Morgan fingerprint density at radius 2 is 2.08 bits per heavy atom. The molecule has 1 fully saturated rings. The van der Waals surface area contributed by atoms with E-state index in [4.69, 9.17) is 5.73 Å². The molecule has 0 radical (unpaired) electrons. The van der Waals surface area contributed by atoms with Gasteiger partial charge in [0.05, 0.1) is 0 Å². The van der Waals surface area contributed by atoms with Crippen molar-refractivity contribution in [1.82, 2.24) is 15.3 Å². The van der Waals surface area contributed by atoms with Crippen molar-refractivity contribution in [3.63, 3.8) is 0 Å². The lowest BCUT2D eigenvalue weighted by Gasteiger charge is -2.33. The van der Waals surface area contributed by atoms with Crippen LogP contribution in [0.3, 0.4) is 0 Å². The number of hydrogen-bond donors (Lipinski definition) is 2. The molecule has 1 aromatic carbocycles. The van der Waals surface area contributed by atoms with E-state index in [1.807, 2.05) is 6.07 Å². The summed E-state index contributed by atoms with van der Waals surface area (Å²) in [7, 11) is 0. The normalized spacial score (nSPS) is 15.3. The zero-order chi connectivity index (χ0) is 16.9. The first-order valence-corrected chi connectivity index (χ1v) is 8.38. The Labute approximate surface area is 142 Å². The Balaban J connectivity index is 1.56. The molecular weight excluding hydrogens is 302 g/mol. The van der Waals surface area contributed by atoms with Crippen LogP contribution in [0.5, 0.6) is 0 Å². The molecule has 1 aliphatic rings. The van der Waals surface area contributed by atoms with Crippen LogP contribution in [0.4, 0.5) is 11.5 Å². The lowest BCUT2D eigenvalue weighted by Crippen LogP contribution is -2.45. The van der Waals surface area contributed by atoms with E-state index in [1.165, 1.54) is 0 Å². The van der Waals surface area contributed by atoms with E-state index in [0.717, 1.165) is 43.9 Å². The van der Waals surface area contributed by atoms with E-state index in [1.54, 1.807) is 30.6 Å². The van der Waals surface area contributed by atoms with Crippen LogP contribution in [0.25, 0.3) is 0 Å². The molecule has 0 saturated carbocycles. The Morgan fingerprint density at radius 1 is 1.29 bits per heavy atom. The highest BCUT2D eigenvalue weighted by atomic mass is 16.1. The zero-order valence-corrected chi connectivity index (χ0v) is 13.9. The molecule has 1 amide bonds. The van der Waals surface area contributed by atoms with Gasteiger partial charge in [-0.1, -0.05) is 13.0 Å². The molecule has 6 nitrogen and oxygen atoms in total. The fourth-order valence-electron chi connectivity index (χ4n) is 2.95. The molecule has 0 atom stereocenters. The van der Waals surface area contributed by atoms with E-state index < -0.39 is 0 Å². The number of nitrogens with zero attached hydrogens (tertiary/aromatic N) is 3. The monoisotopic (exact) mass is 325 g/mol. The Kier molecular flexibility index (Phi) is 4.93. The van der Waals surface area contributed by atoms with E-state index in [-0.39, 0.29) is 11.9 Å². The summed E-state index contributed by atoms with van der Waals surface area (Å²) < 4.78 is 0. The number of aryl methyl sites for hydroxylation is 1. The van der Waals surface area contributed by atoms with Gasteiger partial charge in [-0.2, -0.15) is 0 Å². The van der Waals surface area contributed by atoms with Gasteiger partial charge in [-0.25, -0.2) is 9.97 Å². The van der Waals surface area contributed by atoms with Gasteiger partial charge in [0.2, 0.25) is 0 Å². The van der Waals surface area contributed by atoms with E-state index >= 15 is 0 Å². The fraction of sp³-hybridized carbons (Fsp3) is 0.389. The number of carbonyl (C=O) groups is 1. The number of carbonyl (C=O) groups excluding carboxylic acids is 1. The van der Waals surface area contributed by atoms with Crippen LogP contribution in [0, 0.1) is 0 Å². The highest BCUT2D eigenvalue weighted by Gasteiger charge is 2.22. The second-order valence-electron chi connectivity index (χ2n) is 6.08. The third kappa shape index (κ3) is 3.82. The Morgan fingerprint density at radius 3 is 2.79 bits per heavy atom. The molecule has 0 unspecified atom stereocenters. The van der Waals surface area contributed by atoms with Gasteiger partial charge in [0.25, 0.3) is 5.91 Å². The molecule has 0 spiro atoms. The number of benzene rings is 1. The second kappa shape index (κ2) is 7.29. The third-order valence-electron chi connectivity index (χ3n) is 4.37. The summed E-state index contributed by atoms with van der Waals surface area (Å²) in [6, 6.07) is 9.30. The summed E-state index contributed by atoms with van der Waals surface area (Å²) in [5.41, 5.74) is 8.01. The van der Waals surface area contributed by atoms with Gasteiger partial charge in [-0.15, -0.1) is 0 Å². The number of nitrogens with two attached hydrogens (primary N) is 1. The average Bonchev–Trinajstić information content (AvgIpc) is 2.62. The van der Waals surface area contributed by atoms with Crippen molar-refractivity contribution >= 4 is 17.4 Å². The maximum atomic E-state index is 12.3. The minimum Gasteiger partial charge on any atom is -0.399 e. The first kappa shape index (κ1) is 16.2. The summed E-state index contributed by atoms with van der Waals surface area (Å²) in [5.74, 6) is 0.915. The second-order valence-corrected chi connectivity index (χ2v) is 6.08. The highest BCUT2D eigenvalue weighted by Crippen LogP contribution is 2.18. The Bertz CT molecular complexity index is 710. The molecule has 2 aromatic rings. The molecule has 6 heteroatoms. The quantitative estimate of drug-likeness (QED) is 0.840. The first-order chi connectivity index (χ1) is 11.7. The molecule has 1 aliphatic heterocycles. The summed E-state index contributed by atoms with van der Waals surface area (Å²) in [6.45, 7) is 3.84.